The van der Waals surface area contributed by atoms with Gasteiger partial charge in [0.1, 0.15) is 12.0 Å². The zero-order valence-electron chi connectivity index (χ0n) is 22.9. The topological polar surface area (TPSA) is 136 Å². The van der Waals surface area contributed by atoms with Crippen molar-refractivity contribution in [1.29, 1.82) is 0 Å². The number of rotatable bonds is 12. The zero-order chi connectivity index (χ0) is 28.8. The summed E-state index contributed by atoms with van der Waals surface area (Å²) in [7, 11) is 0. The second-order valence-corrected chi connectivity index (χ2v) is 10.1. The third kappa shape index (κ3) is 6.39. The van der Waals surface area contributed by atoms with Gasteiger partial charge in [0.05, 0.1) is 4.92 Å². The lowest BCUT2D eigenvalue weighted by molar-refractivity contribution is -0.385. The molecule has 1 amide bonds. The number of nitro groups is 1. The fourth-order valence-electron chi connectivity index (χ4n) is 5.57. The van der Waals surface area contributed by atoms with E-state index in [4.69, 9.17) is 9.47 Å². The van der Waals surface area contributed by atoms with Gasteiger partial charge in [0, 0.05) is 44.2 Å². The van der Waals surface area contributed by atoms with Crippen molar-refractivity contribution in [1.82, 2.24) is 10.3 Å². The van der Waals surface area contributed by atoms with Crippen LogP contribution in [0.3, 0.4) is 0 Å². The van der Waals surface area contributed by atoms with Crippen molar-refractivity contribution < 1.29 is 24.3 Å². The normalized spacial score (nSPS) is 19.0. The number of aliphatic hydroxyl groups is 1. The molecule has 10 heteroatoms. The van der Waals surface area contributed by atoms with Crippen LogP contribution < -0.4 is 10.6 Å². The summed E-state index contributed by atoms with van der Waals surface area (Å²) >= 11 is 0. The lowest BCUT2D eigenvalue weighted by atomic mass is 9.80. The maximum Gasteiger partial charge on any atom is 0.287 e. The van der Waals surface area contributed by atoms with E-state index in [2.05, 4.69) is 58.1 Å². The van der Waals surface area contributed by atoms with E-state index in [1.807, 2.05) is 13.0 Å². The molecule has 2 aliphatic rings. The Balaban J connectivity index is 1.32. The molecule has 3 N–H and O–H groups in total. The van der Waals surface area contributed by atoms with Crippen molar-refractivity contribution in [2.24, 2.45) is 5.92 Å². The first-order valence-electron chi connectivity index (χ1n) is 13.9. The minimum Gasteiger partial charge on any atom is -0.459 e. The summed E-state index contributed by atoms with van der Waals surface area (Å²) in [6.45, 7) is 3.03. The molecule has 1 aromatic heterocycles. The van der Waals surface area contributed by atoms with Crippen molar-refractivity contribution in [3.05, 3.63) is 99.4 Å². The highest BCUT2D eigenvalue weighted by molar-refractivity contribution is 5.91. The van der Waals surface area contributed by atoms with Gasteiger partial charge in [-0.2, -0.15) is 0 Å². The highest BCUT2D eigenvalue weighted by atomic mass is 16.7. The fraction of sp³-hybridized carbons (Fsp3) is 0.355. The first kappa shape index (κ1) is 28.3. The van der Waals surface area contributed by atoms with Gasteiger partial charge in [-0.1, -0.05) is 42.5 Å². The van der Waals surface area contributed by atoms with Crippen LogP contribution >= 0.6 is 0 Å². The third-order valence-corrected chi connectivity index (χ3v) is 7.51. The van der Waals surface area contributed by atoms with Gasteiger partial charge in [0.25, 0.3) is 11.6 Å². The predicted molar refractivity (Wildman–Crippen MR) is 154 cm³/mol. The monoisotopic (exact) mass is 558 g/mol. The van der Waals surface area contributed by atoms with Crippen molar-refractivity contribution in [2.45, 2.75) is 38.4 Å². The van der Waals surface area contributed by atoms with Crippen LogP contribution in [0.25, 0.3) is 11.1 Å². The molecular weight excluding hydrogens is 524 g/mol. The molecule has 0 radical (unpaired) electrons. The molecule has 2 heterocycles. The number of amides is 1. The Kier molecular flexibility index (Phi) is 8.91. The van der Waals surface area contributed by atoms with Crippen LogP contribution in [-0.4, -0.2) is 53.5 Å². The maximum atomic E-state index is 13.2. The Morgan fingerprint density at radius 1 is 1.15 bits per heavy atom. The lowest BCUT2D eigenvalue weighted by Gasteiger charge is -2.37. The zero-order valence-corrected chi connectivity index (χ0v) is 22.9. The average molecular weight is 559 g/mol. The van der Waals surface area contributed by atoms with E-state index in [9.17, 15) is 20.0 Å². The summed E-state index contributed by atoms with van der Waals surface area (Å²) in [5.74, 6) is 0.109. The number of hydrogen-bond acceptors (Lipinski definition) is 8. The van der Waals surface area contributed by atoms with E-state index in [0.29, 0.717) is 31.8 Å². The molecule has 3 aromatic rings. The van der Waals surface area contributed by atoms with E-state index in [-0.39, 0.29) is 42.3 Å². The fourth-order valence-corrected chi connectivity index (χ4v) is 5.57. The summed E-state index contributed by atoms with van der Waals surface area (Å²) in [6.07, 6.45) is 4.58. The molecule has 214 valence electrons. The molecule has 0 bridgehead atoms. The summed E-state index contributed by atoms with van der Waals surface area (Å²) in [6, 6.07) is 17.8. The van der Waals surface area contributed by atoms with Crippen LogP contribution in [0.5, 0.6) is 0 Å². The summed E-state index contributed by atoms with van der Waals surface area (Å²) < 4.78 is 12.1. The number of carbonyl (C=O) groups excluding carboxylic acids is 1. The molecule has 0 fully saturated rings. The Hall–Kier alpha value is -4.28. The summed E-state index contributed by atoms with van der Waals surface area (Å²) in [5.41, 5.74) is 6.07. The van der Waals surface area contributed by atoms with Gasteiger partial charge in [-0.25, -0.2) is 4.98 Å². The van der Waals surface area contributed by atoms with Crippen molar-refractivity contribution in [3.8, 4) is 11.1 Å². The van der Waals surface area contributed by atoms with Gasteiger partial charge in [-0.05, 0) is 66.1 Å². The van der Waals surface area contributed by atoms with E-state index in [1.165, 1.54) is 40.6 Å². The number of hydrogen-bond donors (Lipinski definition) is 3. The first-order valence-corrected chi connectivity index (χ1v) is 13.9. The number of aliphatic hydroxyl groups excluding tert-OH is 1. The average Bonchev–Trinajstić information content (AvgIpc) is 3.36. The van der Waals surface area contributed by atoms with Gasteiger partial charge in [-0.3, -0.25) is 14.9 Å². The standard InChI is InChI=1S/C31H34N4O6/c1-2-40-31-26(8-5-15-36)27(21-9-11-25-22(17-21)16-20-6-3-4-7-24(20)25)18-28(41-31)30(37)33-14-13-32-29-12-10-23(19-34-29)35(38)39/h3-4,6-7,9-12,17-19,26-27,31,36H,2,5,8,13-16H2,1H3,(H,32,34)(H,33,37)/t26-,27+,31+/m0/s1. The quantitative estimate of drug-likeness (QED) is 0.131. The minimum absolute atomic E-state index is 0.0647. The number of nitrogens with one attached hydrogen (secondary N) is 2. The number of pyridine rings is 1. The number of anilines is 1. The predicted octanol–water partition coefficient (Wildman–Crippen LogP) is 4.54. The van der Waals surface area contributed by atoms with Gasteiger partial charge < -0.3 is 25.2 Å². The molecule has 10 nitrogen and oxygen atoms in total. The minimum atomic E-state index is -0.629. The van der Waals surface area contributed by atoms with Gasteiger partial charge in [0.15, 0.2) is 5.76 Å². The van der Waals surface area contributed by atoms with E-state index >= 15 is 0 Å². The first-order chi connectivity index (χ1) is 20.0. The van der Waals surface area contributed by atoms with Crippen LogP contribution in [0.2, 0.25) is 0 Å². The van der Waals surface area contributed by atoms with Crippen molar-refractivity contribution >= 4 is 17.4 Å². The molecular formula is C31H34N4O6. The second-order valence-electron chi connectivity index (χ2n) is 10.1. The lowest BCUT2D eigenvalue weighted by Crippen LogP contribution is -2.39. The van der Waals surface area contributed by atoms with Crippen LogP contribution in [0, 0.1) is 16.0 Å². The number of nitrogens with zero attached hydrogens (tertiary/aromatic N) is 2. The molecule has 1 aliphatic carbocycles. The van der Waals surface area contributed by atoms with Crippen molar-refractivity contribution in [3.63, 3.8) is 0 Å². The van der Waals surface area contributed by atoms with Crippen molar-refractivity contribution in [2.75, 3.05) is 31.6 Å². The smallest absolute Gasteiger partial charge is 0.287 e. The van der Waals surface area contributed by atoms with Gasteiger partial charge in [-0.15, -0.1) is 0 Å². The number of ether oxygens (including phenoxy) is 2. The number of carbonyl (C=O) groups is 1. The number of allylic oxidation sites excluding steroid dienone is 1. The number of aromatic nitrogens is 1. The maximum absolute atomic E-state index is 13.2. The number of benzene rings is 2. The number of fused-ring (bicyclic) bond motifs is 3. The Morgan fingerprint density at radius 2 is 1.98 bits per heavy atom. The molecule has 0 saturated heterocycles. The molecule has 3 atom stereocenters. The van der Waals surface area contributed by atoms with Crippen LogP contribution in [-0.2, 0) is 20.7 Å². The third-order valence-electron chi connectivity index (χ3n) is 7.51. The van der Waals surface area contributed by atoms with Crippen LogP contribution in [0.15, 0.2) is 72.6 Å². The molecule has 1 aliphatic heterocycles. The summed E-state index contributed by atoms with van der Waals surface area (Å²) in [4.78, 5) is 27.5. The second kappa shape index (κ2) is 12.9. The largest absolute Gasteiger partial charge is 0.459 e. The molecule has 5 rings (SSSR count). The SMILES string of the molecule is CCO[C@@H]1OC(C(=O)NCCNc2ccc([N+](=O)[O-])cn2)=C[C@H](c2ccc3c(c2)Cc2ccccc2-3)[C@@H]1CCCO. The molecule has 0 saturated carbocycles. The molecule has 0 spiro atoms. The molecule has 2 aromatic carbocycles. The van der Waals surface area contributed by atoms with E-state index < -0.39 is 11.2 Å². The Labute approximate surface area is 238 Å². The van der Waals surface area contributed by atoms with E-state index in [1.54, 1.807) is 0 Å². The van der Waals surface area contributed by atoms with Crippen LogP contribution in [0.1, 0.15) is 42.4 Å². The Bertz CT molecular complexity index is 1420. The van der Waals surface area contributed by atoms with Gasteiger partial charge >= 0.3 is 0 Å². The van der Waals surface area contributed by atoms with E-state index in [0.717, 1.165) is 12.0 Å². The molecule has 0 unspecified atom stereocenters. The Morgan fingerprint density at radius 3 is 2.73 bits per heavy atom. The van der Waals surface area contributed by atoms with Crippen LogP contribution in [0.4, 0.5) is 11.5 Å². The summed E-state index contributed by atoms with van der Waals surface area (Å²) in [5, 5.41) is 26.3. The highest BCUT2D eigenvalue weighted by Crippen LogP contribution is 2.43. The molecule has 41 heavy (non-hydrogen) atoms. The van der Waals surface area contributed by atoms with Gasteiger partial charge in [0.2, 0.25) is 6.29 Å². The highest BCUT2D eigenvalue weighted by Gasteiger charge is 2.38.